The molecule has 0 bridgehead atoms. The Morgan fingerprint density at radius 3 is 2.67 bits per heavy atom. The molecule has 3 aromatic rings. The summed E-state index contributed by atoms with van der Waals surface area (Å²) < 4.78 is 2.00. The van der Waals surface area contributed by atoms with Crippen molar-refractivity contribution < 1.29 is 9.90 Å². The Labute approximate surface area is 160 Å². The molecule has 0 radical (unpaired) electrons. The van der Waals surface area contributed by atoms with Crippen molar-refractivity contribution >= 4 is 22.5 Å². The van der Waals surface area contributed by atoms with Gasteiger partial charge in [0.15, 0.2) is 0 Å². The van der Waals surface area contributed by atoms with Crippen molar-refractivity contribution in [1.29, 1.82) is 0 Å². The Morgan fingerprint density at radius 1 is 1.19 bits per heavy atom. The van der Waals surface area contributed by atoms with Crippen molar-refractivity contribution in [2.24, 2.45) is 0 Å². The standard InChI is InChI=1S/C22H27N3O2/c1-22(2,3)20-8-4-16(15-23-20)5-9-21(27)24-18-6-7-19-17(14-18)10-11-25(19)12-13-26/h4,6-8,10-11,14-15,26H,5,9,12-13H2,1-3H3,(H,24,27). The van der Waals surface area contributed by atoms with Crippen LogP contribution >= 0.6 is 0 Å². The second kappa shape index (κ2) is 7.92. The summed E-state index contributed by atoms with van der Waals surface area (Å²) in [5, 5.41) is 13.1. The van der Waals surface area contributed by atoms with Gasteiger partial charge in [-0.25, -0.2) is 0 Å². The zero-order valence-electron chi connectivity index (χ0n) is 16.2. The van der Waals surface area contributed by atoms with E-state index in [9.17, 15) is 4.79 Å². The lowest BCUT2D eigenvalue weighted by molar-refractivity contribution is -0.116. The summed E-state index contributed by atoms with van der Waals surface area (Å²) in [5.41, 5.74) is 3.99. The monoisotopic (exact) mass is 365 g/mol. The third kappa shape index (κ3) is 4.74. The van der Waals surface area contributed by atoms with Crippen molar-refractivity contribution in [1.82, 2.24) is 9.55 Å². The highest BCUT2D eigenvalue weighted by molar-refractivity contribution is 5.94. The molecular formula is C22H27N3O2. The number of fused-ring (bicyclic) bond motifs is 1. The Balaban J connectivity index is 1.58. The molecular weight excluding hydrogens is 338 g/mol. The fraction of sp³-hybridized carbons (Fsp3) is 0.364. The number of benzene rings is 1. The summed E-state index contributed by atoms with van der Waals surface area (Å²) in [6.07, 6.45) is 4.89. The van der Waals surface area contributed by atoms with Gasteiger partial charge in [-0.15, -0.1) is 0 Å². The van der Waals surface area contributed by atoms with E-state index in [1.807, 2.05) is 47.3 Å². The predicted octanol–water partition coefficient (Wildman–Crippen LogP) is 3.90. The molecule has 1 aromatic carbocycles. The molecule has 0 aliphatic heterocycles. The Morgan fingerprint density at radius 2 is 2.00 bits per heavy atom. The molecule has 0 atom stereocenters. The number of nitrogens with zero attached hydrogens (tertiary/aromatic N) is 2. The summed E-state index contributed by atoms with van der Waals surface area (Å²) >= 11 is 0. The first-order valence-electron chi connectivity index (χ1n) is 9.32. The van der Waals surface area contributed by atoms with E-state index in [0.29, 0.717) is 19.4 Å². The van der Waals surface area contributed by atoms with E-state index in [2.05, 4.69) is 37.1 Å². The van der Waals surface area contributed by atoms with Gasteiger partial charge >= 0.3 is 0 Å². The van der Waals surface area contributed by atoms with Crippen LogP contribution < -0.4 is 5.32 Å². The molecule has 5 heteroatoms. The van der Waals surface area contributed by atoms with Crippen molar-refractivity contribution in [2.45, 2.75) is 45.6 Å². The number of carbonyl (C=O) groups excluding carboxylic acids is 1. The van der Waals surface area contributed by atoms with E-state index in [-0.39, 0.29) is 17.9 Å². The molecule has 2 aromatic heterocycles. The molecule has 2 heterocycles. The lowest BCUT2D eigenvalue weighted by Gasteiger charge is -2.17. The van der Waals surface area contributed by atoms with Crippen LogP contribution in [0.1, 0.15) is 38.4 Å². The Hall–Kier alpha value is -2.66. The SMILES string of the molecule is CC(C)(C)c1ccc(CCC(=O)Nc2ccc3c(ccn3CCO)c2)cn1. The van der Waals surface area contributed by atoms with Gasteiger partial charge in [-0.2, -0.15) is 0 Å². The molecule has 3 rings (SSSR count). The van der Waals surface area contributed by atoms with Crippen LogP contribution in [0.3, 0.4) is 0 Å². The van der Waals surface area contributed by atoms with Crippen LogP contribution in [0.25, 0.3) is 10.9 Å². The maximum atomic E-state index is 12.3. The number of hydrogen-bond donors (Lipinski definition) is 2. The van der Waals surface area contributed by atoms with Crippen LogP contribution in [0, 0.1) is 0 Å². The highest BCUT2D eigenvalue weighted by Crippen LogP contribution is 2.22. The topological polar surface area (TPSA) is 67.2 Å². The molecule has 142 valence electrons. The van der Waals surface area contributed by atoms with Crippen LogP contribution in [0.15, 0.2) is 48.8 Å². The molecule has 0 saturated heterocycles. The zero-order valence-corrected chi connectivity index (χ0v) is 16.2. The maximum absolute atomic E-state index is 12.3. The second-order valence-corrected chi connectivity index (χ2v) is 7.86. The van der Waals surface area contributed by atoms with E-state index in [1.165, 1.54) is 0 Å². The lowest BCUT2D eigenvalue weighted by atomic mass is 9.91. The van der Waals surface area contributed by atoms with Gasteiger partial charge < -0.3 is 15.0 Å². The number of pyridine rings is 1. The third-order valence-electron chi connectivity index (χ3n) is 4.63. The number of nitrogens with one attached hydrogen (secondary N) is 1. The van der Waals surface area contributed by atoms with Gasteiger partial charge in [0.25, 0.3) is 0 Å². The summed E-state index contributed by atoms with van der Waals surface area (Å²) in [6.45, 7) is 7.08. The minimum absolute atomic E-state index is 0.0101. The average Bonchev–Trinajstić information content (AvgIpc) is 3.02. The lowest BCUT2D eigenvalue weighted by Crippen LogP contribution is -2.14. The molecule has 0 aliphatic rings. The van der Waals surface area contributed by atoms with Gasteiger partial charge in [-0.3, -0.25) is 9.78 Å². The minimum Gasteiger partial charge on any atom is -0.395 e. The average molecular weight is 365 g/mol. The molecule has 0 fully saturated rings. The van der Waals surface area contributed by atoms with E-state index in [0.717, 1.165) is 27.8 Å². The Bertz CT molecular complexity index is 921. The molecule has 0 aliphatic carbocycles. The number of anilines is 1. The van der Waals surface area contributed by atoms with Crippen molar-refractivity contribution in [2.75, 3.05) is 11.9 Å². The van der Waals surface area contributed by atoms with Gasteiger partial charge in [0.05, 0.1) is 6.61 Å². The number of aliphatic hydroxyl groups excluding tert-OH is 1. The van der Waals surface area contributed by atoms with Crippen molar-refractivity contribution in [3.05, 3.63) is 60.0 Å². The van der Waals surface area contributed by atoms with Crippen LogP contribution in [0.4, 0.5) is 5.69 Å². The summed E-state index contributed by atoms with van der Waals surface area (Å²) in [5.74, 6) is -0.0101. The van der Waals surface area contributed by atoms with E-state index < -0.39 is 0 Å². The smallest absolute Gasteiger partial charge is 0.224 e. The van der Waals surface area contributed by atoms with E-state index in [4.69, 9.17) is 5.11 Å². The number of aryl methyl sites for hydroxylation is 1. The molecule has 1 amide bonds. The number of amides is 1. The number of aliphatic hydroxyl groups is 1. The number of aromatic nitrogens is 2. The quantitative estimate of drug-likeness (QED) is 0.696. The largest absolute Gasteiger partial charge is 0.395 e. The third-order valence-corrected chi connectivity index (χ3v) is 4.63. The van der Waals surface area contributed by atoms with Crippen LogP contribution in [-0.2, 0) is 23.2 Å². The van der Waals surface area contributed by atoms with Crippen LogP contribution in [-0.4, -0.2) is 27.2 Å². The number of rotatable bonds is 6. The summed E-state index contributed by atoms with van der Waals surface area (Å²) in [7, 11) is 0. The van der Waals surface area contributed by atoms with Gasteiger partial charge in [0.2, 0.25) is 5.91 Å². The minimum atomic E-state index is -0.0101. The van der Waals surface area contributed by atoms with Crippen LogP contribution in [0.2, 0.25) is 0 Å². The van der Waals surface area contributed by atoms with Crippen molar-refractivity contribution in [3.8, 4) is 0 Å². The highest BCUT2D eigenvalue weighted by atomic mass is 16.3. The second-order valence-electron chi connectivity index (χ2n) is 7.86. The molecule has 0 saturated carbocycles. The highest BCUT2D eigenvalue weighted by Gasteiger charge is 2.14. The summed E-state index contributed by atoms with van der Waals surface area (Å²) in [4.78, 5) is 16.8. The fourth-order valence-corrected chi connectivity index (χ4v) is 3.08. The Kier molecular flexibility index (Phi) is 5.61. The molecule has 0 spiro atoms. The molecule has 0 unspecified atom stereocenters. The van der Waals surface area contributed by atoms with Crippen molar-refractivity contribution in [3.63, 3.8) is 0 Å². The first-order chi connectivity index (χ1) is 12.9. The number of hydrogen-bond acceptors (Lipinski definition) is 3. The van der Waals surface area contributed by atoms with E-state index in [1.54, 1.807) is 0 Å². The maximum Gasteiger partial charge on any atom is 0.224 e. The van der Waals surface area contributed by atoms with Gasteiger partial charge in [-0.05, 0) is 42.3 Å². The molecule has 5 nitrogen and oxygen atoms in total. The number of carbonyl (C=O) groups is 1. The molecule has 2 N–H and O–H groups in total. The van der Waals surface area contributed by atoms with E-state index >= 15 is 0 Å². The first-order valence-corrected chi connectivity index (χ1v) is 9.32. The van der Waals surface area contributed by atoms with Gasteiger partial charge in [0.1, 0.15) is 0 Å². The molecule has 27 heavy (non-hydrogen) atoms. The summed E-state index contributed by atoms with van der Waals surface area (Å²) in [6, 6.07) is 11.9. The van der Waals surface area contributed by atoms with Crippen LogP contribution in [0.5, 0.6) is 0 Å². The van der Waals surface area contributed by atoms with Gasteiger partial charge in [-0.1, -0.05) is 26.8 Å². The van der Waals surface area contributed by atoms with Gasteiger partial charge in [0, 0.05) is 53.1 Å². The predicted molar refractivity (Wildman–Crippen MR) is 109 cm³/mol. The fourth-order valence-electron chi connectivity index (χ4n) is 3.08. The first kappa shape index (κ1) is 19.1. The zero-order chi connectivity index (χ0) is 19.4. The normalized spacial score (nSPS) is 11.7.